The highest BCUT2D eigenvalue weighted by Gasteiger charge is 2.31. The van der Waals surface area contributed by atoms with Gasteiger partial charge in [-0.25, -0.2) is 12.7 Å². The summed E-state index contributed by atoms with van der Waals surface area (Å²) in [5, 5.41) is 2.78. The van der Waals surface area contributed by atoms with E-state index in [0.717, 1.165) is 6.26 Å². The predicted molar refractivity (Wildman–Crippen MR) is 87.1 cm³/mol. The number of amides is 1. The first-order valence-corrected chi connectivity index (χ1v) is 9.80. The van der Waals surface area contributed by atoms with Crippen LogP contribution in [0.4, 0.5) is 0 Å². The Kier molecular flexibility index (Phi) is 7.47. The number of carbonyl (C=O) groups is 2. The average molecular weight is 348 g/mol. The van der Waals surface area contributed by atoms with Crippen LogP contribution in [0.15, 0.2) is 0 Å². The Bertz CT molecular complexity index is 518. The fourth-order valence-corrected chi connectivity index (χ4v) is 3.74. The van der Waals surface area contributed by atoms with Crippen LogP contribution in [0.3, 0.4) is 0 Å². The van der Waals surface area contributed by atoms with E-state index >= 15 is 0 Å². The molecule has 1 heterocycles. The lowest BCUT2D eigenvalue weighted by atomic mass is 9.95. The molecule has 1 saturated heterocycles. The van der Waals surface area contributed by atoms with Crippen molar-refractivity contribution in [2.24, 2.45) is 17.8 Å². The molecule has 0 aliphatic carbocycles. The van der Waals surface area contributed by atoms with Gasteiger partial charge in [0.05, 0.1) is 25.2 Å². The van der Waals surface area contributed by atoms with Crippen LogP contribution in [0.1, 0.15) is 33.1 Å². The molecule has 0 spiro atoms. The van der Waals surface area contributed by atoms with Gasteiger partial charge in [-0.1, -0.05) is 13.8 Å². The molecule has 0 aromatic carbocycles. The van der Waals surface area contributed by atoms with Gasteiger partial charge in [0.25, 0.3) is 0 Å². The van der Waals surface area contributed by atoms with Gasteiger partial charge in [-0.05, 0) is 25.2 Å². The van der Waals surface area contributed by atoms with E-state index in [1.807, 2.05) is 13.8 Å². The first-order valence-electron chi connectivity index (χ1n) is 7.95. The van der Waals surface area contributed by atoms with Crippen molar-refractivity contribution in [1.82, 2.24) is 9.62 Å². The fourth-order valence-electron chi connectivity index (χ4n) is 2.82. The number of hydrogen-bond donors (Lipinski definition) is 1. The van der Waals surface area contributed by atoms with Crippen molar-refractivity contribution in [3.05, 3.63) is 0 Å². The Morgan fingerprint density at radius 2 is 2.00 bits per heavy atom. The third-order valence-electron chi connectivity index (χ3n) is 4.04. The van der Waals surface area contributed by atoms with Gasteiger partial charge in [0.1, 0.15) is 0 Å². The molecule has 2 unspecified atom stereocenters. The van der Waals surface area contributed by atoms with Crippen LogP contribution in [0.25, 0.3) is 0 Å². The second kappa shape index (κ2) is 8.63. The van der Waals surface area contributed by atoms with Crippen molar-refractivity contribution >= 4 is 21.9 Å². The van der Waals surface area contributed by atoms with Crippen LogP contribution >= 0.6 is 0 Å². The maximum absolute atomic E-state index is 12.3. The molecule has 0 radical (unpaired) electrons. The Morgan fingerprint density at radius 1 is 1.35 bits per heavy atom. The number of rotatable bonds is 7. The van der Waals surface area contributed by atoms with Gasteiger partial charge < -0.3 is 10.1 Å². The van der Waals surface area contributed by atoms with Gasteiger partial charge in [-0.2, -0.15) is 0 Å². The van der Waals surface area contributed by atoms with E-state index in [1.165, 1.54) is 11.4 Å². The second-order valence-electron chi connectivity index (χ2n) is 6.55. The highest BCUT2D eigenvalue weighted by molar-refractivity contribution is 7.88. The van der Waals surface area contributed by atoms with Crippen molar-refractivity contribution in [1.29, 1.82) is 0 Å². The lowest BCUT2D eigenvalue weighted by Crippen LogP contribution is -2.46. The summed E-state index contributed by atoms with van der Waals surface area (Å²) in [5.74, 6) is -0.961. The van der Waals surface area contributed by atoms with Crippen LogP contribution in [0, 0.1) is 17.8 Å². The number of nitrogens with zero attached hydrogens (tertiary/aromatic N) is 1. The lowest BCUT2D eigenvalue weighted by Gasteiger charge is -2.30. The van der Waals surface area contributed by atoms with Crippen molar-refractivity contribution in [2.45, 2.75) is 33.1 Å². The van der Waals surface area contributed by atoms with E-state index in [0.29, 0.717) is 31.7 Å². The Morgan fingerprint density at radius 3 is 2.52 bits per heavy atom. The van der Waals surface area contributed by atoms with Gasteiger partial charge in [-0.15, -0.1) is 0 Å². The first kappa shape index (κ1) is 19.9. The number of carbonyl (C=O) groups excluding carboxylic acids is 2. The van der Waals surface area contributed by atoms with Gasteiger partial charge in [0.2, 0.25) is 15.9 Å². The molecular formula is C15H28N2O5S. The monoisotopic (exact) mass is 348 g/mol. The molecule has 1 N–H and O–H groups in total. The maximum Gasteiger partial charge on any atom is 0.310 e. The van der Waals surface area contributed by atoms with E-state index in [4.69, 9.17) is 4.74 Å². The lowest BCUT2D eigenvalue weighted by molar-refractivity contribution is -0.146. The number of hydrogen-bond acceptors (Lipinski definition) is 5. The molecule has 1 aliphatic heterocycles. The number of esters is 1. The summed E-state index contributed by atoms with van der Waals surface area (Å²) < 4.78 is 29.3. The van der Waals surface area contributed by atoms with Crippen molar-refractivity contribution in [2.75, 3.05) is 33.0 Å². The summed E-state index contributed by atoms with van der Waals surface area (Å²) in [6, 6.07) is 0. The zero-order chi connectivity index (χ0) is 17.6. The van der Waals surface area contributed by atoms with Gasteiger partial charge >= 0.3 is 5.97 Å². The quantitative estimate of drug-likeness (QED) is 0.681. The van der Waals surface area contributed by atoms with Crippen LogP contribution in [0.5, 0.6) is 0 Å². The topological polar surface area (TPSA) is 92.8 Å². The Balaban J connectivity index is 2.58. The first-order chi connectivity index (χ1) is 10.6. The SMILES string of the molecule is COC(=O)C(CNC(=O)C1CCCN(S(C)(=O)=O)C1)CC(C)C. The molecule has 1 rings (SSSR count). The van der Waals surface area contributed by atoms with Crippen LogP contribution in [-0.4, -0.2) is 57.6 Å². The van der Waals surface area contributed by atoms with Crippen LogP contribution in [0.2, 0.25) is 0 Å². The van der Waals surface area contributed by atoms with Gasteiger partial charge in [-0.3, -0.25) is 9.59 Å². The minimum Gasteiger partial charge on any atom is -0.469 e. The van der Waals surface area contributed by atoms with Crippen molar-refractivity contribution < 1.29 is 22.7 Å². The number of ether oxygens (including phenoxy) is 1. The molecule has 2 atom stereocenters. The number of piperidine rings is 1. The highest BCUT2D eigenvalue weighted by atomic mass is 32.2. The smallest absolute Gasteiger partial charge is 0.310 e. The zero-order valence-corrected chi connectivity index (χ0v) is 15.2. The average Bonchev–Trinajstić information content (AvgIpc) is 2.49. The molecule has 7 nitrogen and oxygen atoms in total. The standard InChI is InChI=1S/C15H28N2O5S/c1-11(2)8-13(15(19)22-3)9-16-14(18)12-6-5-7-17(10-12)23(4,20)21/h11-13H,5-10H2,1-4H3,(H,16,18). The van der Waals surface area contributed by atoms with Gasteiger partial charge in [0.15, 0.2) is 0 Å². The van der Waals surface area contributed by atoms with E-state index in [9.17, 15) is 18.0 Å². The van der Waals surface area contributed by atoms with Crippen LogP contribution in [-0.2, 0) is 24.3 Å². The maximum atomic E-state index is 12.3. The summed E-state index contributed by atoms with van der Waals surface area (Å²) >= 11 is 0. The zero-order valence-electron chi connectivity index (χ0n) is 14.4. The molecule has 1 amide bonds. The molecular weight excluding hydrogens is 320 g/mol. The largest absolute Gasteiger partial charge is 0.469 e. The molecule has 0 aromatic heterocycles. The van der Waals surface area contributed by atoms with E-state index in [2.05, 4.69) is 5.32 Å². The molecule has 0 aromatic rings. The summed E-state index contributed by atoms with van der Waals surface area (Å²) in [5.41, 5.74) is 0. The normalized spacial score (nSPS) is 21.0. The van der Waals surface area contributed by atoms with E-state index in [-0.39, 0.29) is 36.8 Å². The second-order valence-corrected chi connectivity index (χ2v) is 8.54. The van der Waals surface area contributed by atoms with Crippen molar-refractivity contribution in [3.63, 3.8) is 0 Å². The predicted octanol–water partition coefficient (Wildman–Crippen LogP) is 0.610. The summed E-state index contributed by atoms with van der Waals surface area (Å²) in [6.45, 7) is 4.89. The summed E-state index contributed by atoms with van der Waals surface area (Å²) in [6.07, 6.45) is 3.11. The minimum atomic E-state index is -3.28. The number of methoxy groups -OCH3 is 1. The van der Waals surface area contributed by atoms with Crippen molar-refractivity contribution in [3.8, 4) is 0 Å². The molecule has 134 valence electrons. The highest BCUT2D eigenvalue weighted by Crippen LogP contribution is 2.19. The molecule has 23 heavy (non-hydrogen) atoms. The number of sulfonamides is 1. The third-order valence-corrected chi connectivity index (χ3v) is 5.31. The van der Waals surface area contributed by atoms with Crippen LogP contribution < -0.4 is 5.32 Å². The Labute approximate surface area is 138 Å². The van der Waals surface area contributed by atoms with E-state index < -0.39 is 10.0 Å². The summed E-state index contributed by atoms with van der Waals surface area (Å²) in [4.78, 5) is 24.0. The minimum absolute atomic E-state index is 0.198. The number of nitrogens with one attached hydrogen (secondary N) is 1. The molecule has 1 aliphatic rings. The van der Waals surface area contributed by atoms with E-state index in [1.54, 1.807) is 0 Å². The molecule has 0 saturated carbocycles. The summed E-state index contributed by atoms with van der Waals surface area (Å²) in [7, 11) is -1.94. The molecule has 8 heteroatoms. The molecule has 0 bridgehead atoms. The molecule has 1 fully saturated rings. The fraction of sp³-hybridized carbons (Fsp3) is 0.867. The Hall–Kier alpha value is -1.15. The third kappa shape index (κ3) is 6.47. The van der Waals surface area contributed by atoms with Gasteiger partial charge in [0, 0.05) is 19.6 Å².